The molecule has 2 atom stereocenters. The number of allylic oxidation sites excluding steroid dienone is 5. The van der Waals surface area contributed by atoms with Crippen molar-refractivity contribution in [3.05, 3.63) is 124 Å². The van der Waals surface area contributed by atoms with E-state index in [9.17, 15) is 0 Å². The second-order valence-corrected chi connectivity index (χ2v) is 9.78. The Labute approximate surface area is 219 Å². The molecule has 8 heteroatoms. The van der Waals surface area contributed by atoms with Gasteiger partial charge in [-0.3, -0.25) is 15.8 Å². The lowest BCUT2D eigenvalue weighted by Crippen LogP contribution is -2.37. The second-order valence-electron chi connectivity index (χ2n) is 8.34. The third kappa shape index (κ3) is 4.64. The molecule has 2 aromatic carbocycles. The van der Waals surface area contributed by atoms with Gasteiger partial charge in [0.25, 0.3) is 0 Å². The Morgan fingerprint density at radius 2 is 1.89 bits per heavy atom. The van der Waals surface area contributed by atoms with Crippen LogP contribution in [0.15, 0.2) is 118 Å². The lowest BCUT2D eigenvalue weighted by atomic mass is 9.85. The fraction of sp³-hybridized carbons (Fsp3) is 0.143. The van der Waals surface area contributed by atoms with Gasteiger partial charge in [0, 0.05) is 30.7 Å². The summed E-state index contributed by atoms with van der Waals surface area (Å²) in [5.41, 5.74) is 12.7. The van der Waals surface area contributed by atoms with E-state index in [1.165, 1.54) is 0 Å². The van der Waals surface area contributed by atoms with Gasteiger partial charge >= 0.3 is 0 Å². The number of rotatable bonds is 6. The SMILES string of the molecule is C/N=C(\C(=C1/C(=N)SC(C2NNC(=S)N2Cc2ccccc2)=C1F)C1C=C=CC=C1)c1ccccc1. The number of benzene rings is 2. The average Bonchev–Trinajstić information content (AvgIpc) is 3.42. The Balaban J connectivity index is 1.61. The molecule has 1 saturated heterocycles. The summed E-state index contributed by atoms with van der Waals surface area (Å²) in [4.78, 5) is 6.87. The molecule has 5 rings (SSSR count). The van der Waals surface area contributed by atoms with Gasteiger partial charge in [-0.1, -0.05) is 84.6 Å². The highest BCUT2D eigenvalue weighted by Gasteiger charge is 2.41. The molecule has 2 aromatic rings. The molecule has 5 nitrogen and oxygen atoms in total. The lowest BCUT2D eigenvalue weighted by molar-refractivity contribution is 0.347. The number of aliphatic imine (C=N–C) groups is 1. The lowest BCUT2D eigenvalue weighted by Gasteiger charge is -2.24. The van der Waals surface area contributed by atoms with E-state index >= 15 is 4.39 Å². The van der Waals surface area contributed by atoms with Crippen molar-refractivity contribution in [3.63, 3.8) is 0 Å². The number of nitrogens with zero attached hydrogens (tertiary/aromatic N) is 2. The molecule has 0 bridgehead atoms. The van der Waals surface area contributed by atoms with Gasteiger partial charge in [0.05, 0.1) is 10.6 Å². The van der Waals surface area contributed by atoms with Crippen molar-refractivity contribution in [1.82, 2.24) is 15.8 Å². The third-order valence-corrected chi connectivity index (χ3v) is 7.49. The topological polar surface area (TPSA) is 63.5 Å². The molecular weight excluding hydrogens is 489 g/mol. The molecule has 0 spiro atoms. The van der Waals surface area contributed by atoms with Gasteiger partial charge in [0.2, 0.25) is 0 Å². The first-order chi connectivity index (χ1) is 17.6. The van der Waals surface area contributed by atoms with Crippen LogP contribution in [0.25, 0.3) is 0 Å². The van der Waals surface area contributed by atoms with Crippen molar-refractivity contribution in [2.75, 3.05) is 7.05 Å². The Kier molecular flexibility index (Phi) is 7.11. The zero-order valence-electron chi connectivity index (χ0n) is 19.5. The summed E-state index contributed by atoms with van der Waals surface area (Å²) in [6, 6.07) is 19.6. The first-order valence-electron chi connectivity index (χ1n) is 11.5. The summed E-state index contributed by atoms with van der Waals surface area (Å²) in [5.74, 6) is -0.707. The Morgan fingerprint density at radius 1 is 1.17 bits per heavy atom. The van der Waals surface area contributed by atoms with Crippen molar-refractivity contribution in [2.45, 2.75) is 12.7 Å². The van der Waals surface area contributed by atoms with Crippen LogP contribution in [0.5, 0.6) is 0 Å². The van der Waals surface area contributed by atoms with Crippen molar-refractivity contribution in [2.24, 2.45) is 10.9 Å². The summed E-state index contributed by atoms with van der Waals surface area (Å²) >= 11 is 6.63. The highest BCUT2D eigenvalue weighted by molar-refractivity contribution is 8.18. The fourth-order valence-corrected chi connectivity index (χ4v) is 5.70. The predicted molar refractivity (Wildman–Crippen MR) is 149 cm³/mol. The Bertz CT molecular complexity index is 1390. The molecule has 3 N–H and O–H groups in total. The summed E-state index contributed by atoms with van der Waals surface area (Å²) in [6.07, 6.45) is 7.01. The predicted octanol–water partition coefficient (Wildman–Crippen LogP) is 5.43. The largest absolute Gasteiger partial charge is 0.322 e. The molecule has 1 aliphatic carbocycles. The van der Waals surface area contributed by atoms with Crippen LogP contribution in [0.1, 0.15) is 11.1 Å². The van der Waals surface area contributed by atoms with Gasteiger partial charge < -0.3 is 4.90 Å². The van der Waals surface area contributed by atoms with Crippen LogP contribution >= 0.6 is 24.0 Å². The minimum absolute atomic E-state index is 0.144. The molecule has 0 saturated carbocycles. The number of thiocarbonyl (C=S) groups is 1. The molecule has 3 aliphatic rings. The molecule has 36 heavy (non-hydrogen) atoms. The van der Waals surface area contributed by atoms with E-state index in [4.69, 9.17) is 17.6 Å². The molecule has 2 aliphatic heterocycles. The molecular formula is C28H24FN5S2. The summed E-state index contributed by atoms with van der Waals surface area (Å²) < 4.78 is 16.4. The Hall–Kier alpha value is -3.55. The number of nitrogens with one attached hydrogen (secondary N) is 3. The van der Waals surface area contributed by atoms with Crippen LogP contribution in [-0.4, -0.2) is 34.0 Å². The number of halogens is 1. The molecule has 0 radical (unpaired) electrons. The molecule has 180 valence electrons. The summed E-state index contributed by atoms with van der Waals surface area (Å²) in [7, 11) is 1.70. The van der Waals surface area contributed by atoms with E-state index in [0.29, 0.717) is 27.8 Å². The van der Waals surface area contributed by atoms with Crippen molar-refractivity contribution >= 4 is 39.8 Å². The van der Waals surface area contributed by atoms with E-state index in [1.54, 1.807) is 7.05 Å². The highest BCUT2D eigenvalue weighted by atomic mass is 32.2. The zero-order valence-corrected chi connectivity index (χ0v) is 21.2. The normalized spacial score (nSPS) is 23.1. The molecule has 2 heterocycles. The van der Waals surface area contributed by atoms with Crippen LogP contribution in [0.4, 0.5) is 4.39 Å². The van der Waals surface area contributed by atoms with Crippen molar-refractivity contribution in [1.29, 1.82) is 5.41 Å². The number of hydrazine groups is 1. The summed E-state index contributed by atoms with van der Waals surface area (Å²) in [5, 5.41) is 9.48. The van der Waals surface area contributed by atoms with E-state index in [1.807, 2.05) is 89.9 Å². The van der Waals surface area contributed by atoms with Gasteiger partial charge in [-0.25, -0.2) is 9.82 Å². The maximum absolute atomic E-state index is 16.4. The maximum Gasteiger partial charge on any atom is 0.185 e. The van der Waals surface area contributed by atoms with Crippen LogP contribution in [0.2, 0.25) is 0 Å². The quantitative estimate of drug-likeness (QED) is 0.273. The van der Waals surface area contributed by atoms with E-state index in [0.717, 1.165) is 22.9 Å². The van der Waals surface area contributed by atoms with E-state index in [2.05, 4.69) is 21.6 Å². The van der Waals surface area contributed by atoms with E-state index < -0.39 is 12.0 Å². The van der Waals surface area contributed by atoms with Gasteiger partial charge in [0.15, 0.2) is 5.11 Å². The van der Waals surface area contributed by atoms with Crippen LogP contribution < -0.4 is 10.9 Å². The van der Waals surface area contributed by atoms with Gasteiger partial charge in [0.1, 0.15) is 17.0 Å². The smallest absolute Gasteiger partial charge is 0.185 e. The van der Waals surface area contributed by atoms with Gasteiger partial charge in [-0.2, -0.15) is 0 Å². The Morgan fingerprint density at radius 3 is 2.56 bits per heavy atom. The third-order valence-electron chi connectivity index (χ3n) is 6.12. The van der Waals surface area contributed by atoms with Crippen molar-refractivity contribution < 1.29 is 4.39 Å². The first kappa shape index (κ1) is 24.2. The van der Waals surface area contributed by atoms with Gasteiger partial charge in [-0.05, 0) is 35.5 Å². The highest BCUT2D eigenvalue weighted by Crippen LogP contribution is 2.45. The summed E-state index contributed by atoms with van der Waals surface area (Å²) in [6.45, 7) is 0.505. The van der Waals surface area contributed by atoms with Gasteiger partial charge in [-0.15, -0.1) is 5.73 Å². The minimum Gasteiger partial charge on any atom is -0.322 e. The standard InChI is InChI=1S/C28H24FN5S2/c1-31-24(20-15-9-4-10-16-20)21(19-13-7-3-8-14-19)22-23(29)25(36-26(22)30)27-32-33-28(35)34(27)17-18-11-5-2-6-12-18/h2-7,9-16,19,27,30,32H,17H2,1H3,(H,33,35)/b22-21-,30-26?,31-24-. The first-order valence-corrected chi connectivity index (χ1v) is 12.7. The number of hydrogen-bond donors (Lipinski definition) is 3. The van der Waals surface area contributed by atoms with Crippen LogP contribution in [-0.2, 0) is 6.54 Å². The van der Waals surface area contributed by atoms with Crippen molar-refractivity contribution in [3.8, 4) is 0 Å². The van der Waals surface area contributed by atoms with E-state index in [-0.39, 0.29) is 16.5 Å². The van der Waals surface area contributed by atoms with Crippen LogP contribution in [0.3, 0.4) is 0 Å². The maximum atomic E-state index is 16.4. The monoisotopic (exact) mass is 513 g/mol. The number of hydrogen-bond acceptors (Lipinski definition) is 5. The molecule has 0 aromatic heterocycles. The minimum atomic E-state index is -0.544. The molecule has 2 unspecified atom stereocenters. The number of thioether (sulfide) groups is 1. The average molecular weight is 514 g/mol. The second kappa shape index (κ2) is 10.6. The molecule has 0 amide bonds. The van der Waals surface area contributed by atoms with Crippen LogP contribution in [0, 0.1) is 11.3 Å². The molecule has 1 fully saturated rings. The fourth-order valence-electron chi connectivity index (χ4n) is 4.46. The zero-order chi connectivity index (χ0) is 25.1.